The van der Waals surface area contributed by atoms with Gasteiger partial charge >= 0.3 is 0 Å². The van der Waals surface area contributed by atoms with Gasteiger partial charge in [-0.1, -0.05) is 75.7 Å². The largest absolute Gasteiger partial charge is 0.260 e. The fourth-order valence-corrected chi connectivity index (χ4v) is 3.74. The predicted octanol–water partition coefficient (Wildman–Crippen LogP) is 7.38. The quantitative estimate of drug-likeness (QED) is 0.343. The van der Waals surface area contributed by atoms with Crippen molar-refractivity contribution in [1.29, 1.82) is 0 Å². The van der Waals surface area contributed by atoms with Crippen molar-refractivity contribution in [3.63, 3.8) is 0 Å². The van der Waals surface area contributed by atoms with Crippen LogP contribution in [0.4, 0.5) is 5.69 Å². The first-order valence-corrected chi connectivity index (χ1v) is 10.1. The summed E-state index contributed by atoms with van der Waals surface area (Å²) < 4.78 is 0. The van der Waals surface area contributed by atoms with Crippen LogP contribution in [0.5, 0.6) is 0 Å². The third kappa shape index (κ3) is 5.66. The molecule has 0 bridgehead atoms. The minimum Gasteiger partial charge on any atom is -0.260 e. The minimum atomic E-state index is -0.157. The summed E-state index contributed by atoms with van der Waals surface area (Å²) in [6, 6.07) is 15.5. The lowest BCUT2D eigenvalue weighted by molar-refractivity contribution is 0.636. The number of nitrogens with zero attached hydrogens (tertiary/aromatic N) is 1. The Hall–Kier alpha value is -2.15. The van der Waals surface area contributed by atoms with Crippen molar-refractivity contribution in [3.05, 3.63) is 76.9 Å². The standard InChI is InChI=1S/C26H35N/c1-8-23-11-9-10-21(6)25(23)27-18-26(7,17-20(4)5)24-14-12-22(13-15-24)16-19(2)3/h9-15,18-19H,4,8,16-17H2,1-3,5-7H3. The molecule has 0 amide bonds. The van der Waals surface area contributed by atoms with Crippen molar-refractivity contribution >= 4 is 11.9 Å². The molecule has 0 fully saturated rings. The molecular weight excluding hydrogens is 326 g/mol. The Bertz CT molecular complexity index is 795. The topological polar surface area (TPSA) is 12.4 Å². The molecule has 0 heterocycles. The SMILES string of the molecule is C=C(C)CC(C)(C=Nc1c(C)cccc1CC)c1ccc(CC(C)C)cc1. The first-order valence-electron chi connectivity index (χ1n) is 10.1. The van der Waals surface area contributed by atoms with Crippen molar-refractivity contribution in [1.82, 2.24) is 0 Å². The third-order valence-electron chi connectivity index (χ3n) is 5.11. The molecule has 2 rings (SSSR count). The van der Waals surface area contributed by atoms with Crippen LogP contribution >= 0.6 is 0 Å². The number of aryl methyl sites for hydroxylation is 2. The van der Waals surface area contributed by atoms with Gasteiger partial charge in [0.15, 0.2) is 0 Å². The first-order chi connectivity index (χ1) is 12.7. The zero-order valence-corrected chi connectivity index (χ0v) is 18.0. The summed E-state index contributed by atoms with van der Waals surface area (Å²) in [5.41, 5.74) is 7.37. The van der Waals surface area contributed by atoms with Gasteiger partial charge < -0.3 is 0 Å². The van der Waals surface area contributed by atoms with E-state index in [1.165, 1.54) is 27.8 Å². The second kappa shape index (κ2) is 9.17. The molecule has 0 spiro atoms. The molecule has 0 radical (unpaired) electrons. The summed E-state index contributed by atoms with van der Waals surface area (Å²) in [7, 11) is 0. The van der Waals surface area contributed by atoms with E-state index in [2.05, 4.69) is 96.8 Å². The van der Waals surface area contributed by atoms with Gasteiger partial charge in [0.05, 0.1) is 5.69 Å². The monoisotopic (exact) mass is 361 g/mol. The number of hydrogen-bond donors (Lipinski definition) is 0. The maximum absolute atomic E-state index is 4.98. The van der Waals surface area contributed by atoms with E-state index in [0.717, 1.165) is 24.9 Å². The van der Waals surface area contributed by atoms with Crippen molar-refractivity contribution in [2.45, 2.75) is 66.2 Å². The Balaban J connectivity index is 2.41. The Labute approximate surface area is 166 Å². The lowest BCUT2D eigenvalue weighted by Gasteiger charge is -2.27. The summed E-state index contributed by atoms with van der Waals surface area (Å²) >= 11 is 0. The van der Waals surface area contributed by atoms with E-state index in [1.54, 1.807) is 0 Å². The van der Waals surface area contributed by atoms with Crippen LogP contribution in [0.25, 0.3) is 0 Å². The van der Waals surface area contributed by atoms with Crippen molar-refractivity contribution in [2.75, 3.05) is 0 Å². The van der Waals surface area contributed by atoms with Crippen molar-refractivity contribution in [2.24, 2.45) is 10.9 Å². The average Bonchev–Trinajstić information content (AvgIpc) is 2.60. The van der Waals surface area contributed by atoms with Crippen LogP contribution < -0.4 is 0 Å². The second-order valence-corrected chi connectivity index (χ2v) is 8.54. The minimum absolute atomic E-state index is 0.157. The molecule has 0 saturated heterocycles. The molecule has 0 N–H and O–H groups in total. The highest BCUT2D eigenvalue weighted by Crippen LogP contribution is 2.32. The smallest absolute Gasteiger partial charge is 0.0687 e. The van der Waals surface area contributed by atoms with E-state index >= 15 is 0 Å². The molecule has 0 aliphatic rings. The number of allylic oxidation sites excluding steroid dienone is 1. The van der Waals surface area contributed by atoms with Crippen LogP contribution in [0.3, 0.4) is 0 Å². The van der Waals surface area contributed by atoms with Crippen molar-refractivity contribution in [3.8, 4) is 0 Å². The number of aliphatic imine (C=N–C) groups is 1. The second-order valence-electron chi connectivity index (χ2n) is 8.54. The summed E-state index contributed by atoms with van der Waals surface area (Å²) in [6.07, 6.45) is 5.15. The van der Waals surface area contributed by atoms with Gasteiger partial charge in [0, 0.05) is 11.6 Å². The highest BCUT2D eigenvalue weighted by molar-refractivity contribution is 5.77. The van der Waals surface area contributed by atoms with E-state index in [9.17, 15) is 0 Å². The summed E-state index contributed by atoms with van der Waals surface area (Å²) in [5.74, 6) is 0.674. The molecule has 1 atom stereocenters. The van der Waals surface area contributed by atoms with E-state index in [4.69, 9.17) is 4.99 Å². The van der Waals surface area contributed by atoms with E-state index in [0.29, 0.717) is 5.92 Å². The van der Waals surface area contributed by atoms with Gasteiger partial charge in [0.25, 0.3) is 0 Å². The fourth-order valence-electron chi connectivity index (χ4n) is 3.74. The van der Waals surface area contributed by atoms with Gasteiger partial charge in [-0.15, -0.1) is 6.58 Å². The molecule has 2 aromatic rings. The molecule has 1 heteroatoms. The fraction of sp³-hybridized carbons (Fsp3) is 0.423. The first kappa shape index (κ1) is 21.2. The molecule has 0 saturated carbocycles. The van der Waals surface area contributed by atoms with Gasteiger partial charge in [-0.25, -0.2) is 0 Å². The van der Waals surface area contributed by atoms with Gasteiger partial charge in [-0.3, -0.25) is 4.99 Å². The molecule has 1 nitrogen and oxygen atoms in total. The average molecular weight is 362 g/mol. The maximum Gasteiger partial charge on any atom is 0.0687 e. The Morgan fingerprint density at radius 3 is 2.37 bits per heavy atom. The zero-order valence-electron chi connectivity index (χ0n) is 18.0. The predicted molar refractivity (Wildman–Crippen MR) is 120 cm³/mol. The summed E-state index contributed by atoms with van der Waals surface area (Å²) in [5, 5.41) is 0. The van der Waals surface area contributed by atoms with Crippen LogP contribution in [-0.4, -0.2) is 6.21 Å². The molecule has 144 valence electrons. The molecule has 0 aliphatic heterocycles. The van der Waals surface area contributed by atoms with E-state index in [1.807, 2.05) is 0 Å². The lowest BCUT2D eigenvalue weighted by atomic mass is 9.78. The third-order valence-corrected chi connectivity index (χ3v) is 5.11. The maximum atomic E-state index is 4.98. The summed E-state index contributed by atoms with van der Waals surface area (Å²) in [4.78, 5) is 4.98. The highest BCUT2D eigenvalue weighted by atomic mass is 14.7. The number of hydrogen-bond acceptors (Lipinski definition) is 1. The normalized spacial score (nSPS) is 13.9. The number of para-hydroxylation sites is 1. The van der Waals surface area contributed by atoms with Crippen LogP contribution in [-0.2, 0) is 18.3 Å². The van der Waals surface area contributed by atoms with E-state index < -0.39 is 0 Å². The molecule has 27 heavy (non-hydrogen) atoms. The van der Waals surface area contributed by atoms with Gasteiger partial charge in [0.1, 0.15) is 0 Å². The molecule has 2 aromatic carbocycles. The molecule has 0 aromatic heterocycles. The lowest BCUT2D eigenvalue weighted by Crippen LogP contribution is -2.24. The van der Waals surface area contributed by atoms with Crippen LogP contribution in [0.2, 0.25) is 0 Å². The molecular formula is C26H35N. The van der Waals surface area contributed by atoms with Crippen molar-refractivity contribution < 1.29 is 0 Å². The van der Waals surface area contributed by atoms with Crippen LogP contribution in [0.15, 0.2) is 59.6 Å². The van der Waals surface area contributed by atoms with E-state index in [-0.39, 0.29) is 5.41 Å². The Morgan fingerprint density at radius 1 is 1.15 bits per heavy atom. The number of benzene rings is 2. The van der Waals surface area contributed by atoms with Gasteiger partial charge in [-0.2, -0.15) is 0 Å². The molecule has 0 aliphatic carbocycles. The van der Waals surface area contributed by atoms with Gasteiger partial charge in [0.2, 0.25) is 0 Å². The molecule has 1 unspecified atom stereocenters. The Kier molecular flexibility index (Phi) is 7.18. The summed E-state index contributed by atoms with van der Waals surface area (Å²) in [6.45, 7) is 17.4. The van der Waals surface area contributed by atoms with Crippen LogP contribution in [0, 0.1) is 12.8 Å². The van der Waals surface area contributed by atoms with Gasteiger partial charge in [-0.05, 0) is 61.3 Å². The number of rotatable bonds is 8. The highest BCUT2D eigenvalue weighted by Gasteiger charge is 2.25. The zero-order chi connectivity index (χ0) is 20.0. The van der Waals surface area contributed by atoms with Crippen LogP contribution in [0.1, 0.15) is 63.3 Å². The Morgan fingerprint density at radius 2 is 1.81 bits per heavy atom.